The molecule has 0 amide bonds. The van der Waals surface area contributed by atoms with Gasteiger partial charge in [0.15, 0.2) is 0 Å². The first-order chi connectivity index (χ1) is 15.6. The molecule has 5 rings (SSSR count). The Balaban J connectivity index is 1.25. The molecule has 3 aromatic rings. The number of benzene rings is 2. The lowest BCUT2D eigenvalue weighted by atomic mass is 9.79. The number of pyridine rings is 1. The van der Waals surface area contributed by atoms with Gasteiger partial charge in [0.25, 0.3) is 0 Å². The number of β-amino-alcohol motifs (C(OH)–C–C–N with tert-alkyl or cyclic N) is 1. The highest BCUT2D eigenvalue weighted by atomic mass is 16.5. The Labute approximate surface area is 188 Å². The molecule has 2 aliphatic rings. The quantitative estimate of drug-likeness (QED) is 0.553. The van der Waals surface area contributed by atoms with Crippen LogP contribution < -0.4 is 4.74 Å². The van der Waals surface area contributed by atoms with E-state index < -0.39 is 18.3 Å². The summed E-state index contributed by atoms with van der Waals surface area (Å²) in [7, 11) is 0. The van der Waals surface area contributed by atoms with E-state index in [2.05, 4.69) is 22.0 Å². The van der Waals surface area contributed by atoms with Crippen molar-refractivity contribution in [2.24, 2.45) is 11.8 Å². The number of hydrogen-bond acceptors (Lipinski definition) is 6. The van der Waals surface area contributed by atoms with Crippen LogP contribution in [-0.2, 0) is 0 Å². The van der Waals surface area contributed by atoms with Crippen molar-refractivity contribution in [3.8, 4) is 16.9 Å². The molecule has 1 aliphatic heterocycles. The molecule has 1 saturated heterocycles. The summed E-state index contributed by atoms with van der Waals surface area (Å²) in [5.41, 5.74) is 2.08. The van der Waals surface area contributed by atoms with Crippen molar-refractivity contribution in [2.45, 2.75) is 31.2 Å². The van der Waals surface area contributed by atoms with Crippen LogP contribution in [-0.4, -0.2) is 69.8 Å². The molecular formula is C26H30N2O4. The van der Waals surface area contributed by atoms with Gasteiger partial charge in [-0.1, -0.05) is 30.3 Å². The van der Waals surface area contributed by atoms with Crippen LogP contribution in [0.15, 0.2) is 60.9 Å². The molecule has 2 fully saturated rings. The molecule has 1 unspecified atom stereocenters. The second-order valence-corrected chi connectivity index (χ2v) is 9.24. The third-order valence-corrected chi connectivity index (χ3v) is 6.90. The molecule has 32 heavy (non-hydrogen) atoms. The molecular weight excluding hydrogens is 404 g/mol. The highest BCUT2D eigenvalue weighted by Gasteiger charge is 2.41. The number of ether oxygens (including phenoxy) is 1. The smallest absolute Gasteiger partial charge is 0.120 e. The monoisotopic (exact) mass is 434 g/mol. The molecule has 6 heteroatoms. The Morgan fingerprint density at radius 1 is 1.00 bits per heavy atom. The number of fused-ring (bicyclic) bond motifs is 2. The summed E-state index contributed by atoms with van der Waals surface area (Å²) in [6, 6.07) is 16.2. The molecule has 2 aromatic carbocycles. The second kappa shape index (κ2) is 9.16. The minimum Gasteiger partial charge on any atom is -0.491 e. The van der Waals surface area contributed by atoms with E-state index in [-0.39, 0.29) is 6.61 Å². The van der Waals surface area contributed by atoms with Gasteiger partial charge < -0.3 is 25.0 Å². The Bertz CT molecular complexity index is 1040. The van der Waals surface area contributed by atoms with Crippen LogP contribution >= 0.6 is 0 Å². The number of aliphatic hydroxyl groups excluding tert-OH is 3. The topological polar surface area (TPSA) is 86.1 Å². The van der Waals surface area contributed by atoms with Gasteiger partial charge in [-0.3, -0.25) is 4.98 Å². The van der Waals surface area contributed by atoms with Gasteiger partial charge in [0, 0.05) is 37.6 Å². The van der Waals surface area contributed by atoms with Crippen LogP contribution in [0.4, 0.5) is 0 Å². The van der Waals surface area contributed by atoms with E-state index in [1.54, 1.807) is 6.20 Å². The summed E-state index contributed by atoms with van der Waals surface area (Å²) in [5.74, 6) is 1.51. The Kier molecular flexibility index (Phi) is 6.11. The van der Waals surface area contributed by atoms with Crippen molar-refractivity contribution in [2.75, 3.05) is 26.2 Å². The van der Waals surface area contributed by atoms with Crippen molar-refractivity contribution in [1.29, 1.82) is 0 Å². The summed E-state index contributed by atoms with van der Waals surface area (Å²) in [6.45, 7) is 2.45. The van der Waals surface area contributed by atoms with E-state index in [4.69, 9.17) is 4.74 Å². The standard InChI is InChI=1S/C26H30N2O4/c29-21(15-28-13-19-9-25(30)26(31)10-20(19)14-28)16-32-22-8-17-4-1-2-6-23(17)24(11-22)18-5-3-7-27-12-18/h1-8,11-12,19-21,25-26,29-31H,9-10,13-16H2/t19-,20+,21?,25+,26-. The van der Waals surface area contributed by atoms with Gasteiger partial charge in [0.2, 0.25) is 0 Å². The Morgan fingerprint density at radius 3 is 2.47 bits per heavy atom. The average Bonchev–Trinajstić information content (AvgIpc) is 3.18. The van der Waals surface area contributed by atoms with Gasteiger partial charge in [-0.05, 0) is 59.2 Å². The van der Waals surface area contributed by atoms with E-state index >= 15 is 0 Å². The molecule has 1 saturated carbocycles. The van der Waals surface area contributed by atoms with Crippen molar-refractivity contribution < 1.29 is 20.1 Å². The minimum atomic E-state index is -0.619. The maximum atomic E-state index is 10.6. The molecule has 1 aliphatic carbocycles. The zero-order valence-corrected chi connectivity index (χ0v) is 18.0. The largest absolute Gasteiger partial charge is 0.491 e. The van der Waals surface area contributed by atoms with Crippen molar-refractivity contribution in [3.05, 3.63) is 60.9 Å². The number of nitrogens with zero attached hydrogens (tertiary/aromatic N) is 2. The highest BCUT2D eigenvalue weighted by molar-refractivity contribution is 5.97. The zero-order valence-electron chi connectivity index (χ0n) is 18.0. The predicted octanol–water partition coefficient (Wildman–Crippen LogP) is 2.71. The van der Waals surface area contributed by atoms with E-state index in [1.165, 1.54) is 0 Å². The lowest BCUT2D eigenvalue weighted by Crippen LogP contribution is -2.38. The van der Waals surface area contributed by atoms with Crippen LogP contribution in [0.3, 0.4) is 0 Å². The molecule has 2 heterocycles. The fourth-order valence-corrected chi connectivity index (χ4v) is 5.32. The van der Waals surface area contributed by atoms with Crippen LogP contribution in [0, 0.1) is 11.8 Å². The summed E-state index contributed by atoms with van der Waals surface area (Å²) in [4.78, 5) is 6.48. The number of rotatable bonds is 6. The predicted molar refractivity (Wildman–Crippen MR) is 123 cm³/mol. The van der Waals surface area contributed by atoms with Gasteiger partial charge in [0.05, 0.1) is 12.2 Å². The number of aliphatic hydroxyl groups is 3. The number of aromatic nitrogens is 1. The summed E-state index contributed by atoms with van der Waals surface area (Å²) in [5, 5.41) is 32.7. The minimum absolute atomic E-state index is 0.210. The van der Waals surface area contributed by atoms with Crippen molar-refractivity contribution >= 4 is 10.8 Å². The fraction of sp³-hybridized carbons (Fsp3) is 0.423. The van der Waals surface area contributed by atoms with E-state index in [1.807, 2.05) is 42.6 Å². The summed E-state index contributed by atoms with van der Waals surface area (Å²) < 4.78 is 6.02. The van der Waals surface area contributed by atoms with Crippen molar-refractivity contribution in [3.63, 3.8) is 0 Å². The van der Waals surface area contributed by atoms with Crippen LogP contribution in [0.25, 0.3) is 21.9 Å². The Hall–Kier alpha value is -2.51. The van der Waals surface area contributed by atoms with Crippen molar-refractivity contribution in [1.82, 2.24) is 9.88 Å². The fourth-order valence-electron chi connectivity index (χ4n) is 5.32. The number of hydrogen-bond donors (Lipinski definition) is 3. The SMILES string of the molecule is OC(COc1cc(-c2cccnc2)c2ccccc2c1)CN1C[C@H]2C[C@H](O)[C@H](O)C[C@H]2C1. The molecule has 5 atom stereocenters. The molecule has 168 valence electrons. The van der Waals surface area contributed by atoms with Crippen LogP contribution in [0.1, 0.15) is 12.8 Å². The van der Waals surface area contributed by atoms with Crippen LogP contribution in [0.2, 0.25) is 0 Å². The average molecular weight is 435 g/mol. The zero-order chi connectivity index (χ0) is 22.1. The maximum Gasteiger partial charge on any atom is 0.120 e. The second-order valence-electron chi connectivity index (χ2n) is 9.24. The van der Waals surface area contributed by atoms with E-state index in [0.29, 0.717) is 31.2 Å². The first kappa shape index (κ1) is 21.3. The summed E-state index contributed by atoms with van der Waals surface area (Å²) in [6.07, 6.45) is 3.04. The van der Waals surface area contributed by atoms with Gasteiger partial charge in [-0.25, -0.2) is 0 Å². The van der Waals surface area contributed by atoms with Crippen LogP contribution in [0.5, 0.6) is 5.75 Å². The highest BCUT2D eigenvalue weighted by Crippen LogP contribution is 2.37. The van der Waals surface area contributed by atoms with Gasteiger partial charge in [-0.15, -0.1) is 0 Å². The maximum absolute atomic E-state index is 10.6. The molecule has 0 radical (unpaired) electrons. The molecule has 6 nitrogen and oxygen atoms in total. The molecule has 3 N–H and O–H groups in total. The third kappa shape index (κ3) is 4.50. The normalized spacial score (nSPS) is 26.7. The number of likely N-dealkylation sites (tertiary alicyclic amines) is 1. The molecule has 1 aromatic heterocycles. The van der Waals surface area contributed by atoms with Gasteiger partial charge >= 0.3 is 0 Å². The molecule has 0 spiro atoms. The molecule has 0 bridgehead atoms. The first-order valence-corrected chi connectivity index (χ1v) is 11.4. The van der Waals surface area contributed by atoms with Gasteiger partial charge in [0.1, 0.15) is 18.5 Å². The lowest BCUT2D eigenvalue weighted by molar-refractivity contribution is -0.0372. The van der Waals surface area contributed by atoms with E-state index in [0.717, 1.165) is 40.7 Å². The van der Waals surface area contributed by atoms with Gasteiger partial charge in [-0.2, -0.15) is 0 Å². The summed E-state index contributed by atoms with van der Waals surface area (Å²) >= 11 is 0. The third-order valence-electron chi connectivity index (χ3n) is 6.90. The first-order valence-electron chi connectivity index (χ1n) is 11.4. The Morgan fingerprint density at radius 2 is 1.75 bits per heavy atom. The van der Waals surface area contributed by atoms with E-state index in [9.17, 15) is 15.3 Å². The lowest BCUT2D eigenvalue weighted by Gasteiger charge is -2.32.